The highest BCUT2D eigenvalue weighted by molar-refractivity contribution is 7.22. The molecule has 1 N–H and O–H groups in total. The van der Waals surface area contributed by atoms with Crippen molar-refractivity contribution in [1.82, 2.24) is 4.98 Å². The molecule has 9 nitrogen and oxygen atoms in total. The van der Waals surface area contributed by atoms with Crippen LogP contribution in [-0.4, -0.2) is 35.0 Å². The highest BCUT2D eigenvalue weighted by Gasteiger charge is 2.13. The van der Waals surface area contributed by atoms with Crippen molar-refractivity contribution >= 4 is 55.0 Å². The number of nitro groups is 1. The molecule has 0 atom stereocenters. The Morgan fingerprint density at radius 2 is 1.84 bits per heavy atom. The minimum atomic E-state index is -0.691. The first-order chi connectivity index (χ1) is 15.0. The Hall–Kier alpha value is -4.05. The molecule has 0 saturated carbocycles. The minimum Gasteiger partial charge on any atom is -0.482 e. The molecule has 156 valence electrons. The molecule has 0 aliphatic rings. The third-order valence-electron chi connectivity index (χ3n) is 4.27. The number of rotatable bonds is 7. The number of amides is 1. The summed E-state index contributed by atoms with van der Waals surface area (Å²) in [5.74, 6) is -0.750. The number of fused-ring (bicyclic) bond motifs is 2. The monoisotopic (exact) mass is 437 g/mol. The van der Waals surface area contributed by atoms with Gasteiger partial charge in [-0.05, 0) is 29.0 Å². The van der Waals surface area contributed by atoms with Crippen molar-refractivity contribution in [3.05, 3.63) is 70.8 Å². The lowest BCUT2D eigenvalue weighted by atomic mass is 10.1. The van der Waals surface area contributed by atoms with Gasteiger partial charge in [0.2, 0.25) is 0 Å². The Kier molecular flexibility index (Phi) is 5.72. The van der Waals surface area contributed by atoms with Gasteiger partial charge in [-0.2, -0.15) is 0 Å². The molecule has 1 heterocycles. The van der Waals surface area contributed by atoms with Crippen molar-refractivity contribution in [1.29, 1.82) is 0 Å². The normalized spacial score (nSPS) is 10.7. The highest BCUT2D eigenvalue weighted by Crippen LogP contribution is 2.29. The lowest BCUT2D eigenvalue weighted by Crippen LogP contribution is -2.23. The number of benzene rings is 3. The topological polar surface area (TPSA) is 121 Å². The molecule has 0 aliphatic carbocycles. The van der Waals surface area contributed by atoms with Crippen LogP contribution in [0, 0.1) is 10.1 Å². The van der Waals surface area contributed by atoms with Crippen LogP contribution in [0.25, 0.3) is 21.0 Å². The van der Waals surface area contributed by atoms with Crippen molar-refractivity contribution in [2.24, 2.45) is 0 Å². The molecule has 0 aliphatic heterocycles. The first kappa shape index (κ1) is 20.2. The Labute approximate surface area is 179 Å². The van der Waals surface area contributed by atoms with Crippen molar-refractivity contribution in [2.45, 2.75) is 0 Å². The van der Waals surface area contributed by atoms with Crippen LogP contribution in [0.5, 0.6) is 5.75 Å². The fourth-order valence-electron chi connectivity index (χ4n) is 2.82. The zero-order valence-electron chi connectivity index (χ0n) is 15.9. The predicted molar refractivity (Wildman–Crippen MR) is 115 cm³/mol. The maximum Gasteiger partial charge on any atom is 0.344 e. The number of thiazole rings is 1. The molecule has 0 radical (unpaired) electrons. The van der Waals surface area contributed by atoms with E-state index in [4.69, 9.17) is 9.47 Å². The lowest BCUT2D eigenvalue weighted by molar-refractivity contribution is -0.384. The van der Waals surface area contributed by atoms with Gasteiger partial charge in [0, 0.05) is 12.1 Å². The van der Waals surface area contributed by atoms with Crippen LogP contribution in [0.3, 0.4) is 0 Å². The van der Waals surface area contributed by atoms with Gasteiger partial charge in [-0.3, -0.25) is 20.2 Å². The van der Waals surface area contributed by atoms with E-state index in [2.05, 4.69) is 10.3 Å². The van der Waals surface area contributed by atoms with E-state index in [9.17, 15) is 19.7 Å². The van der Waals surface area contributed by atoms with Crippen LogP contribution in [-0.2, 0) is 14.3 Å². The molecule has 3 aromatic carbocycles. The number of non-ortho nitro benzene ring substituents is 1. The van der Waals surface area contributed by atoms with Gasteiger partial charge in [0.05, 0.1) is 15.1 Å². The molecule has 0 spiro atoms. The number of nitro benzene ring substituents is 1. The number of nitrogens with zero attached hydrogens (tertiary/aromatic N) is 2. The number of aromatic nitrogens is 1. The van der Waals surface area contributed by atoms with Gasteiger partial charge in [0.1, 0.15) is 5.75 Å². The van der Waals surface area contributed by atoms with E-state index in [0.717, 1.165) is 22.1 Å². The smallest absolute Gasteiger partial charge is 0.344 e. The Bertz CT molecular complexity index is 1300. The highest BCUT2D eigenvalue weighted by atomic mass is 32.1. The number of carbonyl (C=O) groups is 2. The molecular weight excluding hydrogens is 422 g/mol. The Morgan fingerprint density at radius 1 is 1.03 bits per heavy atom. The number of anilines is 1. The predicted octanol–water partition coefficient (Wildman–Crippen LogP) is 3.92. The Balaban J connectivity index is 1.27. The quantitative estimate of drug-likeness (QED) is 0.264. The van der Waals surface area contributed by atoms with E-state index in [1.165, 1.54) is 18.2 Å². The van der Waals surface area contributed by atoms with E-state index >= 15 is 0 Å². The van der Waals surface area contributed by atoms with Gasteiger partial charge in [0.25, 0.3) is 11.6 Å². The fourth-order valence-corrected chi connectivity index (χ4v) is 3.74. The van der Waals surface area contributed by atoms with Crippen molar-refractivity contribution < 1.29 is 24.0 Å². The van der Waals surface area contributed by atoms with Gasteiger partial charge in [-0.1, -0.05) is 41.7 Å². The summed E-state index contributed by atoms with van der Waals surface area (Å²) in [5, 5.41) is 15.6. The van der Waals surface area contributed by atoms with Crippen LogP contribution in [0.1, 0.15) is 0 Å². The molecule has 0 fully saturated rings. The minimum absolute atomic E-state index is 0.0608. The molecule has 1 amide bonds. The molecule has 0 bridgehead atoms. The number of hydrogen-bond acceptors (Lipinski definition) is 8. The summed E-state index contributed by atoms with van der Waals surface area (Å²) < 4.78 is 10.9. The van der Waals surface area contributed by atoms with E-state index in [1.54, 1.807) is 6.07 Å². The van der Waals surface area contributed by atoms with Gasteiger partial charge in [-0.25, -0.2) is 9.78 Å². The second-order valence-electron chi connectivity index (χ2n) is 6.43. The van der Waals surface area contributed by atoms with E-state index in [0.29, 0.717) is 16.0 Å². The summed E-state index contributed by atoms with van der Waals surface area (Å²) in [6.07, 6.45) is 0. The zero-order valence-corrected chi connectivity index (χ0v) is 16.8. The first-order valence-electron chi connectivity index (χ1n) is 9.10. The maximum atomic E-state index is 12.0. The number of esters is 1. The average molecular weight is 437 g/mol. The molecule has 31 heavy (non-hydrogen) atoms. The standard InChI is InChI=1S/C21H15N3O6S/c25-19(23-21-22-17-8-6-15(24(27)28)10-18(17)31-21)11-30-20(26)12-29-16-7-5-13-3-1-2-4-14(13)9-16/h1-10H,11-12H2,(H,22,23,25). The summed E-state index contributed by atoms with van der Waals surface area (Å²) >= 11 is 1.09. The third-order valence-corrected chi connectivity index (χ3v) is 5.20. The summed E-state index contributed by atoms with van der Waals surface area (Å²) in [6, 6.07) is 17.4. The maximum absolute atomic E-state index is 12.0. The number of carbonyl (C=O) groups excluding carboxylic acids is 2. The Morgan fingerprint density at radius 3 is 2.65 bits per heavy atom. The lowest BCUT2D eigenvalue weighted by Gasteiger charge is -2.08. The first-order valence-corrected chi connectivity index (χ1v) is 9.92. The van der Waals surface area contributed by atoms with Gasteiger partial charge < -0.3 is 9.47 Å². The largest absolute Gasteiger partial charge is 0.482 e. The summed E-state index contributed by atoms with van der Waals surface area (Å²) in [7, 11) is 0. The SMILES string of the molecule is O=C(COC(=O)COc1ccc2ccccc2c1)Nc1nc2ccc([N+](=O)[O-])cc2s1. The second kappa shape index (κ2) is 8.76. The summed E-state index contributed by atoms with van der Waals surface area (Å²) in [6.45, 7) is -0.841. The van der Waals surface area contributed by atoms with Crippen LogP contribution in [0.15, 0.2) is 60.7 Å². The van der Waals surface area contributed by atoms with Crippen molar-refractivity contribution in [3.63, 3.8) is 0 Å². The van der Waals surface area contributed by atoms with E-state index in [1.807, 2.05) is 36.4 Å². The summed E-state index contributed by atoms with van der Waals surface area (Å²) in [4.78, 5) is 38.4. The summed E-state index contributed by atoms with van der Waals surface area (Å²) in [5.41, 5.74) is 0.459. The molecule has 10 heteroatoms. The molecule has 0 unspecified atom stereocenters. The van der Waals surface area contributed by atoms with Gasteiger partial charge in [0.15, 0.2) is 18.3 Å². The molecular formula is C21H15N3O6S. The fraction of sp³-hybridized carbons (Fsp3) is 0.0952. The average Bonchev–Trinajstić information content (AvgIpc) is 3.17. The second-order valence-corrected chi connectivity index (χ2v) is 7.47. The molecule has 4 rings (SSSR count). The van der Waals surface area contributed by atoms with E-state index < -0.39 is 23.4 Å². The zero-order chi connectivity index (χ0) is 21.8. The number of nitrogens with one attached hydrogen (secondary N) is 1. The van der Waals surface area contributed by atoms with Crippen LogP contribution >= 0.6 is 11.3 Å². The number of ether oxygens (including phenoxy) is 2. The van der Waals surface area contributed by atoms with Crippen LogP contribution in [0.4, 0.5) is 10.8 Å². The van der Waals surface area contributed by atoms with Crippen molar-refractivity contribution in [3.8, 4) is 5.75 Å². The van der Waals surface area contributed by atoms with Crippen LogP contribution in [0.2, 0.25) is 0 Å². The molecule has 0 saturated heterocycles. The van der Waals surface area contributed by atoms with Crippen molar-refractivity contribution in [2.75, 3.05) is 18.5 Å². The molecule has 1 aromatic heterocycles. The van der Waals surface area contributed by atoms with E-state index in [-0.39, 0.29) is 17.4 Å². The van der Waals surface area contributed by atoms with Gasteiger partial charge in [-0.15, -0.1) is 0 Å². The van der Waals surface area contributed by atoms with Gasteiger partial charge >= 0.3 is 5.97 Å². The third kappa shape index (κ3) is 4.93. The van der Waals surface area contributed by atoms with Crippen LogP contribution < -0.4 is 10.1 Å². The molecule has 4 aromatic rings. The number of hydrogen-bond donors (Lipinski definition) is 1.